The highest BCUT2D eigenvalue weighted by Crippen LogP contribution is 2.24. The normalized spacial score (nSPS) is 8.50. The number of rotatable bonds is 0. The van der Waals surface area contributed by atoms with E-state index in [9.17, 15) is 0 Å². The summed E-state index contributed by atoms with van der Waals surface area (Å²) in [6.45, 7) is 0. The molecule has 3 N–H and O–H groups in total. The largest absolute Gasteiger partial charge is 0.506 e. The highest BCUT2D eigenvalue weighted by molar-refractivity contribution is 6.32. The average molecular weight is 180 g/mol. The maximum absolute atomic E-state index is 8.86. The smallest absolute Gasteiger partial charge is 0.134 e. The van der Waals surface area contributed by atoms with Crippen LogP contribution in [-0.4, -0.2) is 5.11 Å². The summed E-state index contributed by atoms with van der Waals surface area (Å²) in [4.78, 5) is 0. The van der Waals surface area contributed by atoms with Crippen LogP contribution in [0.25, 0.3) is 0 Å². The van der Waals surface area contributed by atoms with Gasteiger partial charge in [-0.05, 0) is 18.2 Å². The third kappa shape index (κ3) is 1.97. The number of anilines is 1. The number of nitrogen functional groups attached to an aromatic ring is 1. The van der Waals surface area contributed by atoms with Gasteiger partial charge in [0, 0.05) is 5.69 Å². The molecular formula is C6H7Cl2NO. The van der Waals surface area contributed by atoms with Crippen LogP contribution in [0.2, 0.25) is 5.02 Å². The molecule has 1 aromatic carbocycles. The van der Waals surface area contributed by atoms with Crippen molar-refractivity contribution in [1.29, 1.82) is 0 Å². The molecule has 0 amide bonds. The van der Waals surface area contributed by atoms with E-state index < -0.39 is 0 Å². The quantitative estimate of drug-likeness (QED) is 0.474. The summed E-state index contributed by atoms with van der Waals surface area (Å²) in [6, 6.07) is 4.54. The molecule has 10 heavy (non-hydrogen) atoms. The molecule has 0 aliphatic heterocycles. The first-order valence-electron chi connectivity index (χ1n) is 2.44. The monoisotopic (exact) mass is 179 g/mol. The molecule has 1 aromatic rings. The van der Waals surface area contributed by atoms with Gasteiger partial charge in [-0.3, -0.25) is 0 Å². The van der Waals surface area contributed by atoms with Crippen molar-refractivity contribution in [3.63, 3.8) is 0 Å². The van der Waals surface area contributed by atoms with Gasteiger partial charge < -0.3 is 10.8 Å². The first-order valence-corrected chi connectivity index (χ1v) is 2.82. The topological polar surface area (TPSA) is 46.2 Å². The molecule has 1 rings (SSSR count). The first kappa shape index (κ1) is 9.40. The maximum atomic E-state index is 8.86. The molecule has 0 aliphatic rings. The predicted octanol–water partition coefficient (Wildman–Crippen LogP) is 2.05. The lowest BCUT2D eigenvalue weighted by Crippen LogP contribution is -1.81. The molecule has 0 aliphatic carbocycles. The van der Waals surface area contributed by atoms with Crippen LogP contribution in [0.3, 0.4) is 0 Å². The van der Waals surface area contributed by atoms with Crippen LogP contribution in [0, 0.1) is 0 Å². The van der Waals surface area contributed by atoms with Crippen molar-refractivity contribution in [2.24, 2.45) is 0 Å². The van der Waals surface area contributed by atoms with Crippen LogP contribution in [0.4, 0.5) is 5.69 Å². The minimum atomic E-state index is 0. The summed E-state index contributed by atoms with van der Waals surface area (Å²) in [6.07, 6.45) is 0. The highest BCUT2D eigenvalue weighted by atomic mass is 35.5. The van der Waals surface area contributed by atoms with E-state index in [1.165, 1.54) is 12.1 Å². The predicted molar refractivity (Wildman–Crippen MR) is 44.8 cm³/mol. The lowest BCUT2D eigenvalue weighted by molar-refractivity contribution is 0.475. The Labute approximate surface area is 70.0 Å². The Morgan fingerprint density at radius 1 is 1.40 bits per heavy atom. The van der Waals surface area contributed by atoms with Crippen molar-refractivity contribution in [3.05, 3.63) is 23.2 Å². The second-order valence-corrected chi connectivity index (χ2v) is 2.12. The zero-order valence-electron chi connectivity index (χ0n) is 5.04. The Bertz CT molecular complexity index is 227. The van der Waals surface area contributed by atoms with Crippen LogP contribution in [0.15, 0.2) is 18.2 Å². The summed E-state index contributed by atoms with van der Waals surface area (Å²) in [5.41, 5.74) is 5.89. The van der Waals surface area contributed by atoms with E-state index in [-0.39, 0.29) is 23.2 Å². The first-order chi connectivity index (χ1) is 4.20. The van der Waals surface area contributed by atoms with E-state index in [1.54, 1.807) is 6.07 Å². The van der Waals surface area contributed by atoms with Gasteiger partial charge in [-0.2, -0.15) is 0 Å². The van der Waals surface area contributed by atoms with Crippen LogP contribution < -0.4 is 5.73 Å². The fraction of sp³-hybridized carbons (Fsp3) is 0. The van der Waals surface area contributed by atoms with Gasteiger partial charge in [-0.1, -0.05) is 11.6 Å². The minimum absolute atomic E-state index is 0. The molecular weight excluding hydrogens is 173 g/mol. The standard InChI is InChI=1S/C6H6ClNO.ClH/c7-5-3-4(8)1-2-6(5)9;/h1-3,9H,8H2;1H. The van der Waals surface area contributed by atoms with Gasteiger partial charge in [0.15, 0.2) is 0 Å². The Balaban J connectivity index is 0.000000810. The van der Waals surface area contributed by atoms with E-state index >= 15 is 0 Å². The second kappa shape index (κ2) is 3.54. The van der Waals surface area contributed by atoms with Crippen molar-refractivity contribution in [3.8, 4) is 5.75 Å². The molecule has 0 saturated heterocycles. The Kier molecular flexibility index (Phi) is 3.33. The Morgan fingerprint density at radius 3 is 2.40 bits per heavy atom. The van der Waals surface area contributed by atoms with Crippen LogP contribution in [0.5, 0.6) is 5.75 Å². The van der Waals surface area contributed by atoms with Crippen molar-refractivity contribution in [2.75, 3.05) is 5.73 Å². The average Bonchev–Trinajstić information content (AvgIpc) is 1.80. The number of halogens is 2. The molecule has 0 saturated carbocycles. The summed E-state index contributed by atoms with van der Waals surface area (Å²) < 4.78 is 0. The zero-order valence-corrected chi connectivity index (χ0v) is 6.62. The maximum Gasteiger partial charge on any atom is 0.134 e. The number of phenolic OH excluding ortho intramolecular Hbond substituents is 1. The van der Waals surface area contributed by atoms with E-state index in [2.05, 4.69) is 0 Å². The molecule has 0 unspecified atom stereocenters. The van der Waals surface area contributed by atoms with Gasteiger partial charge in [0.1, 0.15) is 5.75 Å². The van der Waals surface area contributed by atoms with Gasteiger partial charge >= 0.3 is 0 Å². The number of phenols is 1. The molecule has 0 radical (unpaired) electrons. The van der Waals surface area contributed by atoms with Crippen molar-refractivity contribution >= 4 is 29.7 Å². The molecule has 4 heteroatoms. The highest BCUT2D eigenvalue weighted by Gasteiger charge is 1.94. The SMILES string of the molecule is Cl.Nc1ccc(O)c(Cl)c1. The second-order valence-electron chi connectivity index (χ2n) is 1.71. The van der Waals surface area contributed by atoms with Gasteiger partial charge in [0.25, 0.3) is 0 Å². The summed E-state index contributed by atoms with van der Waals surface area (Å²) >= 11 is 5.48. The van der Waals surface area contributed by atoms with Crippen molar-refractivity contribution in [2.45, 2.75) is 0 Å². The van der Waals surface area contributed by atoms with Gasteiger partial charge in [-0.15, -0.1) is 12.4 Å². The number of nitrogens with two attached hydrogens (primary N) is 1. The number of aromatic hydroxyl groups is 1. The molecule has 0 bridgehead atoms. The van der Waals surface area contributed by atoms with Gasteiger partial charge in [0.05, 0.1) is 5.02 Å². The van der Waals surface area contributed by atoms with Crippen molar-refractivity contribution in [1.82, 2.24) is 0 Å². The van der Waals surface area contributed by atoms with Crippen LogP contribution in [-0.2, 0) is 0 Å². The molecule has 2 nitrogen and oxygen atoms in total. The summed E-state index contributed by atoms with van der Waals surface area (Å²) in [7, 11) is 0. The molecule has 0 fully saturated rings. The third-order valence-corrected chi connectivity index (χ3v) is 1.27. The Hall–Kier alpha value is -0.600. The van der Waals surface area contributed by atoms with Crippen molar-refractivity contribution < 1.29 is 5.11 Å². The molecule has 0 heterocycles. The minimum Gasteiger partial charge on any atom is -0.506 e. The number of hydrogen-bond acceptors (Lipinski definition) is 2. The van der Waals surface area contributed by atoms with E-state index in [0.29, 0.717) is 5.69 Å². The van der Waals surface area contributed by atoms with Gasteiger partial charge in [-0.25, -0.2) is 0 Å². The number of benzene rings is 1. The fourth-order valence-electron chi connectivity index (χ4n) is 0.523. The summed E-state index contributed by atoms with van der Waals surface area (Å²) in [5.74, 6) is 0.0610. The third-order valence-electron chi connectivity index (χ3n) is 0.972. The van der Waals surface area contributed by atoms with Crippen LogP contribution in [0.1, 0.15) is 0 Å². The zero-order chi connectivity index (χ0) is 6.85. The van der Waals surface area contributed by atoms with E-state index in [1.807, 2.05) is 0 Å². The Morgan fingerprint density at radius 2 is 2.00 bits per heavy atom. The lowest BCUT2D eigenvalue weighted by atomic mass is 10.3. The summed E-state index contributed by atoms with van der Waals surface area (Å²) in [5, 5.41) is 9.14. The lowest BCUT2D eigenvalue weighted by Gasteiger charge is -1.95. The van der Waals surface area contributed by atoms with E-state index in [4.69, 9.17) is 22.4 Å². The molecule has 56 valence electrons. The fourth-order valence-corrected chi connectivity index (χ4v) is 0.712. The molecule has 0 atom stereocenters. The van der Waals surface area contributed by atoms with E-state index in [0.717, 1.165) is 0 Å². The number of hydrogen-bond donors (Lipinski definition) is 2. The molecule has 0 spiro atoms. The van der Waals surface area contributed by atoms with Crippen LogP contribution >= 0.6 is 24.0 Å². The molecule has 0 aromatic heterocycles. The van der Waals surface area contributed by atoms with Gasteiger partial charge in [0.2, 0.25) is 0 Å².